The van der Waals surface area contributed by atoms with Crippen molar-refractivity contribution < 1.29 is 23.5 Å². The van der Waals surface area contributed by atoms with E-state index in [2.05, 4.69) is 6.58 Å². The molecule has 2 heterocycles. The first-order valence-corrected chi connectivity index (χ1v) is 8.77. The predicted molar refractivity (Wildman–Crippen MR) is 104 cm³/mol. The molecule has 7 nitrogen and oxygen atoms in total. The monoisotopic (exact) mass is 389 g/mol. The number of nitrogens with zero attached hydrogens (tertiary/aromatic N) is 1. The first-order valence-electron chi connectivity index (χ1n) is 8.77. The van der Waals surface area contributed by atoms with Crippen LogP contribution in [0.25, 0.3) is 11.0 Å². The van der Waals surface area contributed by atoms with Crippen LogP contribution in [0.5, 0.6) is 5.75 Å². The fourth-order valence-electron chi connectivity index (χ4n) is 3.25. The molecule has 2 aromatic carbocycles. The zero-order valence-electron chi connectivity index (χ0n) is 15.4. The maximum atomic E-state index is 12.5. The van der Waals surface area contributed by atoms with Gasteiger partial charge < -0.3 is 9.15 Å². The standard InChI is InChI=1S/C22H15NO6/c1-3-8-23-20(25)16-6-4-13(10-17(16)21(23)26)22(27)28-14-5-7-15-12(2)9-19(24)29-18(15)11-14/h3-7,9-11H,1,8H2,2H3. The van der Waals surface area contributed by atoms with E-state index in [0.717, 1.165) is 15.8 Å². The number of imide groups is 1. The summed E-state index contributed by atoms with van der Waals surface area (Å²) in [6.07, 6.45) is 1.46. The number of rotatable bonds is 4. The first-order chi connectivity index (χ1) is 13.9. The van der Waals surface area contributed by atoms with Gasteiger partial charge in [0.2, 0.25) is 0 Å². The van der Waals surface area contributed by atoms with Crippen molar-refractivity contribution in [2.45, 2.75) is 6.92 Å². The molecule has 1 aromatic heterocycles. The molecule has 0 bridgehead atoms. The van der Waals surface area contributed by atoms with Crippen LogP contribution in [0.2, 0.25) is 0 Å². The van der Waals surface area contributed by atoms with Crippen molar-refractivity contribution in [2.24, 2.45) is 0 Å². The quantitative estimate of drug-likeness (QED) is 0.224. The number of benzene rings is 2. The summed E-state index contributed by atoms with van der Waals surface area (Å²) in [6, 6.07) is 10.3. The van der Waals surface area contributed by atoms with Gasteiger partial charge in [-0.25, -0.2) is 9.59 Å². The van der Waals surface area contributed by atoms with E-state index in [0.29, 0.717) is 5.58 Å². The van der Waals surface area contributed by atoms with E-state index < -0.39 is 23.4 Å². The molecule has 1 aliphatic rings. The number of carbonyl (C=O) groups excluding carboxylic acids is 3. The Morgan fingerprint density at radius 3 is 2.59 bits per heavy atom. The van der Waals surface area contributed by atoms with E-state index >= 15 is 0 Å². The minimum absolute atomic E-state index is 0.0911. The van der Waals surface area contributed by atoms with Crippen LogP contribution >= 0.6 is 0 Å². The lowest BCUT2D eigenvalue weighted by Crippen LogP contribution is -2.29. The maximum Gasteiger partial charge on any atom is 0.343 e. The van der Waals surface area contributed by atoms with Gasteiger partial charge in [0.05, 0.1) is 16.7 Å². The molecule has 0 fully saturated rings. The van der Waals surface area contributed by atoms with Crippen molar-refractivity contribution in [3.8, 4) is 5.75 Å². The van der Waals surface area contributed by atoms with Crippen LogP contribution in [-0.4, -0.2) is 29.2 Å². The largest absolute Gasteiger partial charge is 0.423 e. The molecule has 144 valence electrons. The van der Waals surface area contributed by atoms with Crippen LogP contribution in [0.1, 0.15) is 36.6 Å². The zero-order chi connectivity index (χ0) is 20.7. The average molecular weight is 389 g/mol. The third-order valence-electron chi connectivity index (χ3n) is 4.65. The summed E-state index contributed by atoms with van der Waals surface area (Å²) in [7, 11) is 0. The fraction of sp³-hybridized carbons (Fsp3) is 0.0909. The molecule has 0 atom stereocenters. The molecule has 0 spiro atoms. The molecule has 29 heavy (non-hydrogen) atoms. The minimum atomic E-state index is -0.704. The van der Waals surface area contributed by atoms with Crippen LogP contribution in [0.15, 0.2) is 64.3 Å². The summed E-state index contributed by atoms with van der Waals surface area (Å²) in [5.41, 5.74) is 1.05. The molecule has 0 unspecified atom stereocenters. The van der Waals surface area contributed by atoms with E-state index in [4.69, 9.17) is 9.15 Å². The van der Waals surface area contributed by atoms with Gasteiger partial charge >= 0.3 is 11.6 Å². The third-order valence-corrected chi connectivity index (χ3v) is 4.65. The van der Waals surface area contributed by atoms with Gasteiger partial charge in [-0.1, -0.05) is 6.08 Å². The molecular formula is C22H15NO6. The Bertz CT molecular complexity index is 1270. The minimum Gasteiger partial charge on any atom is -0.423 e. The second-order valence-corrected chi connectivity index (χ2v) is 6.57. The number of aryl methyl sites for hydroxylation is 1. The zero-order valence-corrected chi connectivity index (χ0v) is 15.4. The number of hydrogen-bond acceptors (Lipinski definition) is 6. The van der Waals surface area contributed by atoms with Crippen LogP contribution in [0.3, 0.4) is 0 Å². The molecule has 0 radical (unpaired) electrons. The topological polar surface area (TPSA) is 93.9 Å². The van der Waals surface area contributed by atoms with Crippen LogP contribution < -0.4 is 10.4 Å². The third kappa shape index (κ3) is 3.12. The summed E-state index contributed by atoms with van der Waals surface area (Å²) in [5.74, 6) is -1.43. The number of ether oxygens (including phenoxy) is 1. The van der Waals surface area contributed by atoms with Gasteiger partial charge in [0.15, 0.2) is 0 Å². The van der Waals surface area contributed by atoms with Crippen molar-refractivity contribution in [3.63, 3.8) is 0 Å². The second kappa shape index (κ2) is 6.87. The molecule has 1 aliphatic heterocycles. The Kier molecular flexibility index (Phi) is 4.35. The molecule has 0 aliphatic carbocycles. The van der Waals surface area contributed by atoms with Crippen molar-refractivity contribution in [3.05, 3.63) is 87.8 Å². The number of amides is 2. The molecule has 2 amide bonds. The second-order valence-electron chi connectivity index (χ2n) is 6.57. The van der Waals surface area contributed by atoms with E-state index in [9.17, 15) is 19.2 Å². The fourth-order valence-corrected chi connectivity index (χ4v) is 3.25. The Labute approximate surface area is 164 Å². The number of hydrogen-bond donors (Lipinski definition) is 0. The molecular weight excluding hydrogens is 374 g/mol. The number of carbonyl (C=O) groups is 3. The normalized spacial score (nSPS) is 12.9. The summed E-state index contributed by atoms with van der Waals surface area (Å²) in [6.45, 7) is 5.41. The van der Waals surface area contributed by atoms with Crippen molar-refractivity contribution in [1.82, 2.24) is 4.90 Å². The van der Waals surface area contributed by atoms with Gasteiger partial charge in [0.1, 0.15) is 11.3 Å². The Morgan fingerprint density at radius 1 is 1.07 bits per heavy atom. The molecule has 0 saturated heterocycles. The van der Waals surface area contributed by atoms with E-state index in [-0.39, 0.29) is 29.0 Å². The first kappa shape index (κ1) is 18.4. The molecule has 7 heteroatoms. The summed E-state index contributed by atoms with van der Waals surface area (Å²) in [4.78, 5) is 49.8. The highest BCUT2D eigenvalue weighted by Crippen LogP contribution is 2.26. The van der Waals surface area contributed by atoms with Crippen LogP contribution in [0.4, 0.5) is 0 Å². The van der Waals surface area contributed by atoms with Gasteiger partial charge in [-0.3, -0.25) is 14.5 Å². The molecule has 4 rings (SSSR count). The molecule has 3 aromatic rings. The summed E-state index contributed by atoms with van der Waals surface area (Å²) < 4.78 is 10.5. The Balaban J connectivity index is 1.63. The van der Waals surface area contributed by atoms with E-state index in [1.54, 1.807) is 19.1 Å². The Hall–Kier alpha value is -4.00. The van der Waals surface area contributed by atoms with E-state index in [1.807, 2.05) is 0 Å². The van der Waals surface area contributed by atoms with Gasteiger partial charge in [-0.05, 0) is 42.8 Å². The van der Waals surface area contributed by atoms with Gasteiger partial charge in [0, 0.05) is 24.1 Å². The maximum absolute atomic E-state index is 12.5. The van der Waals surface area contributed by atoms with Gasteiger partial charge in [-0.15, -0.1) is 6.58 Å². The smallest absolute Gasteiger partial charge is 0.343 e. The Morgan fingerprint density at radius 2 is 1.83 bits per heavy atom. The van der Waals surface area contributed by atoms with E-state index in [1.165, 1.54) is 36.4 Å². The van der Waals surface area contributed by atoms with Crippen molar-refractivity contribution in [2.75, 3.05) is 6.54 Å². The summed E-state index contributed by atoms with van der Waals surface area (Å²) >= 11 is 0. The van der Waals surface area contributed by atoms with Gasteiger partial charge in [0.25, 0.3) is 11.8 Å². The highest BCUT2D eigenvalue weighted by Gasteiger charge is 2.35. The predicted octanol–water partition coefficient (Wildman–Crippen LogP) is 3.10. The average Bonchev–Trinajstić information content (AvgIpc) is 2.92. The van der Waals surface area contributed by atoms with Crippen LogP contribution in [0, 0.1) is 6.92 Å². The lowest BCUT2D eigenvalue weighted by Gasteiger charge is -2.09. The van der Waals surface area contributed by atoms with Gasteiger partial charge in [-0.2, -0.15) is 0 Å². The molecule has 0 saturated carbocycles. The van der Waals surface area contributed by atoms with Crippen molar-refractivity contribution >= 4 is 28.8 Å². The molecule has 0 N–H and O–H groups in total. The SMILES string of the molecule is C=CCN1C(=O)c2ccc(C(=O)Oc3ccc4c(C)cc(=O)oc4c3)cc2C1=O. The number of esters is 1. The summed E-state index contributed by atoms with van der Waals surface area (Å²) in [5, 5.41) is 0.730. The van der Waals surface area contributed by atoms with Crippen molar-refractivity contribution in [1.29, 1.82) is 0 Å². The lowest BCUT2D eigenvalue weighted by molar-refractivity contribution is 0.0671. The lowest BCUT2D eigenvalue weighted by atomic mass is 10.1. The highest BCUT2D eigenvalue weighted by molar-refractivity contribution is 6.22. The highest BCUT2D eigenvalue weighted by atomic mass is 16.5. The number of fused-ring (bicyclic) bond motifs is 2. The van der Waals surface area contributed by atoms with Crippen LogP contribution in [-0.2, 0) is 0 Å².